The predicted octanol–water partition coefficient (Wildman–Crippen LogP) is -1.29. The molecule has 0 aliphatic rings. The highest BCUT2D eigenvalue weighted by Crippen LogP contribution is 2.07. The maximum atomic E-state index is 11.4. The molecule has 0 aromatic carbocycles. The zero-order valence-electron chi connectivity index (χ0n) is 9.90. The van der Waals surface area contributed by atoms with Crippen LogP contribution in [0.3, 0.4) is 0 Å². The molecule has 0 heterocycles. The minimum absolute atomic E-state index is 0.0253. The number of aliphatic hydroxyl groups excluding tert-OH is 1. The van der Waals surface area contributed by atoms with Crippen molar-refractivity contribution in [1.82, 2.24) is 10.6 Å². The lowest BCUT2D eigenvalue weighted by Gasteiger charge is -2.13. The molecule has 0 aliphatic heterocycles. The summed E-state index contributed by atoms with van der Waals surface area (Å²) in [5, 5.41) is 22.0. The van der Waals surface area contributed by atoms with Crippen LogP contribution in [0.25, 0.3) is 0 Å². The van der Waals surface area contributed by atoms with Crippen molar-refractivity contribution in [3.8, 4) is 0 Å². The van der Waals surface area contributed by atoms with E-state index < -0.39 is 23.9 Å². The van der Waals surface area contributed by atoms with E-state index in [-0.39, 0.29) is 18.9 Å². The molecule has 0 aromatic heterocycles. The number of hydrogen-bond acceptors (Lipinski definition) is 4. The van der Waals surface area contributed by atoms with E-state index >= 15 is 0 Å². The summed E-state index contributed by atoms with van der Waals surface area (Å²) in [6.45, 7) is 1.41. The van der Waals surface area contributed by atoms with Crippen LogP contribution in [0.1, 0.15) is 19.8 Å². The quantitative estimate of drug-likeness (QED) is 0.446. The number of rotatable bonds is 7. The molecule has 4 N–H and O–H groups in total. The Kier molecular flexibility index (Phi) is 6.88. The van der Waals surface area contributed by atoms with E-state index in [0.29, 0.717) is 6.42 Å². The molecule has 2 amide bonds. The van der Waals surface area contributed by atoms with E-state index in [4.69, 9.17) is 10.2 Å². The highest BCUT2D eigenvalue weighted by Gasteiger charge is 2.20. The van der Waals surface area contributed by atoms with Crippen molar-refractivity contribution in [2.75, 3.05) is 13.6 Å². The molecule has 2 unspecified atom stereocenters. The molecule has 0 aliphatic carbocycles. The molecule has 0 rings (SSSR count). The molecule has 7 nitrogen and oxygen atoms in total. The number of carbonyl (C=O) groups is 3. The molecule has 2 atom stereocenters. The Morgan fingerprint density at radius 3 is 2.29 bits per heavy atom. The van der Waals surface area contributed by atoms with E-state index in [1.54, 1.807) is 6.92 Å². The molecule has 0 spiro atoms. The van der Waals surface area contributed by atoms with Crippen molar-refractivity contribution in [3.63, 3.8) is 0 Å². The molecule has 0 saturated carbocycles. The molecular weight excluding hydrogens is 228 g/mol. The van der Waals surface area contributed by atoms with Gasteiger partial charge in [-0.2, -0.15) is 0 Å². The predicted molar refractivity (Wildman–Crippen MR) is 59.1 cm³/mol. The standard InChI is InChI=1S/C10H18N2O5/c1-3-6(9(15)11-2)4-8(14)12-5-7(13)10(16)17/h6-7,13H,3-5H2,1-2H3,(H,11,15)(H,12,14)(H,16,17). The highest BCUT2D eigenvalue weighted by molar-refractivity contribution is 5.85. The topological polar surface area (TPSA) is 116 Å². The number of aliphatic hydroxyl groups is 1. The van der Waals surface area contributed by atoms with Crippen molar-refractivity contribution in [2.45, 2.75) is 25.9 Å². The molecule has 98 valence electrons. The number of aliphatic carboxylic acids is 1. The molecule has 0 aromatic rings. The van der Waals surface area contributed by atoms with Gasteiger partial charge in [-0.1, -0.05) is 6.92 Å². The second-order valence-corrected chi connectivity index (χ2v) is 3.58. The number of carboxylic acids is 1. The fraction of sp³-hybridized carbons (Fsp3) is 0.700. The first-order chi connectivity index (χ1) is 7.92. The van der Waals surface area contributed by atoms with Gasteiger partial charge >= 0.3 is 5.97 Å². The summed E-state index contributed by atoms with van der Waals surface area (Å²) in [4.78, 5) is 32.9. The highest BCUT2D eigenvalue weighted by atomic mass is 16.4. The van der Waals surface area contributed by atoms with Crippen LogP contribution in [-0.4, -0.2) is 47.7 Å². The van der Waals surface area contributed by atoms with Gasteiger partial charge in [-0.3, -0.25) is 9.59 Å². The number of carboxylic acid groups (broad SMARTS) is 1. The second-order valence-electron chi connectivity index (χ2n) is 3.58. The van der Waals surface area contributed by atoms with Gasteiger partial charge in [0.15, 0.2) is 6.10 Å². The summed E-state index contributed by atoms with van der Waals surface area (Å²) < 4.78 is 0. The summed E-state index contributed by atoms with van der Waals surface area (Å²) in [5.41, 5.74) is 0. The molecular formula is C10H18N2O5. The molecule has 0 bridgehead atoms. The fourth-order valence-electron chi connectivity index (χ4n) is 1.22. The van der Waals surface area contributed by atoms with Crippen LogP contribution >= 0.6 is 0 Å². The average Bonchev–Trinajstić information content (AvgIpc) is 2.31. The average molecular weight is 246 g/mol. The van der Waals surface area contributed by atoms with Crippen LogP contribution in [-0.2, 0) is 14.4 Å². The van der Waals surface area contributed by atoms with Gasteiger partial charge < -0.3 is 20.8 Å². The first kappa shape index (κ1) is 15.4. The van der Waals surface area contributed by atoms with Gasteiger partial charge in [0.2, 0.25) is 11.8 Å². The van der Waals surface area contributed by atoms with Crippen LogP contribution in [0.2, 0.25) is 0 Å². The van der Waals surface area contributed by atoms with E-state index in [1.165, 1.54) is 7.05 Å². The van der Waals surface area contributed by atoms with Crippen molar-refractivity contribution >= 4 is 17.8 Å². The lowest BCUT2D eigenvalue weighted by atomic mass is 10.0. The van der Waals surface area contributed by atoms with Crippen LogP contribution in [0.4, 0.5) is 0 Å². The minimum atomic E-state index is -1.63. The van der Waals surface area contributed by atoms with Crippen molar-refractivity contribution in [2.24, 2.45) is 5.92 Å². The molecule has 0 saturated heterocycles. The number of nitrogens with one attached hydrogen (secondary N) is 2. The van der Waals surface area contributed by atoms with Crippen molar-refractivity contribution < 1.29 is 24.6 Å². The number of carbonyl (C=O) groups excluding carboxylic acids is 2. The third-order valence-electron chi connectivity index (χ3n) is 2.32. The Hall–Kier alpha value is -1.63. The van der Waals surface area contributed by atoms with E-state index in [9.17, 15) is 14.4 Å². The van der Waals surface area contributed by atoms with Crippen molar-refractivity contribution in [3.05, 3.63) is 0 Å². The summed E-state index contributed by atoms with van der Waals surface area (Å²) >= 11 is 0. The lowest BCUT2D eigenvalue weighted by Crippen LogP contribution is -2.38. The zero-order chi connectivity index (χ0) is 13.4. The summed E-state index contributed by atoms with van der Waals surface area (Å²) in [5.74, 6) is -2.53. The van der Waals surface area contributed by atoms with Gasteiger partial charge in [-0.15, -0.1) is 0 Å². The van der Waals surface area contributed by atoms with Crippen LogP contribution in [0.15, 0.2) is 0 Å². The Balaban J connectivity index is 4.08. The first-order valence-electron chi connectivity index (χ1n) is 5.31. The van der Waals surface area contributed by atoms with E-state index in [0.717, 1.165) is 0 Å². The molecule has 7 heteroatoms. The summed E-state index contributed by atoms with van der Waals surface area (Å²) in [6, 6.07) is 0. The van der Waals surface area contributed by atoms with Gasteiger partial charge in [-0.05, 0) is 6.42 Å². The Morgan fingerprint density at radius 1 is 1.29 bits per heavy atom. The van der Waals surface area contributed by atoms with Gasteiger partial charge in [0.1, 0.15) is 0 Å². The monoisotopic (exact) mass is 246 g/mol. The maximum absolute atomic E-state index is 11.4. The van der Waals surface area contributed by atoms with Crippen LogP contribution in [0, 0.1) is 5.92 Å². The molecule has 0 fully saturated rings. The zero-order valence-corrected chi connectivity index (χ0v) is 9.90. The Bertz CT molecular complexity index is 292. The summed E-state index contributed by atoms with van der Waals surface area (Å²) in [7, 11) is 1.48. The van der Waals surface area contributed by atoms with Gasteiger partial charge in [0.25, 0.3) is 0 Å². The van der Waals surface area contributed by atoms with Gasteiger partial charge in [-0.25, -0.2) is 4.79 Å². The maximum Gasteiger partial charge on any atom is 0.334 e. The smallest absolute Gasteiger partial charge is 0.334 e. The number of hydrogen-bond donors (Lipinski definition) is 4. The molecule has 0 radical (unpaired) electrons. The first-order valence-corrected chi connectivity index (χ1v) is 5.31. The van der Waals surface area contributed by atoms with Crippen molar-refractivity contribution in [1.29, 1.82) is 0 Å². The van der Waals surface area contributed by atoms with Crippen LogP contribution in [0.5, 0.6) is 0 Å². The fourth-order valence-corrected chi connectivity index (χ4v) is 1.22. The van der Waals surface area contributed by atoms with Crippen LogP contribution < -0.4 is 10.6 Å². The molecule has 17 heavy (non-hydrogen) atoms. The van der Waals surface area contributed by atoms with E-state index in [2.05, 4.69) is 10.6 Å². The Labute approximate surface area is 99.2 Å². The van der Waals surface area contributed by atoms with Gasteiger partial charge in [0.05, 0.1) is 6.54 Å². The van der Waals surface area contributed by atoms with E-state index in [1.807, 2.05) is 0 Å². The van der Waals surface area contributed by atoms with Gasteiger partial charge in [0, 0.05) is 19.4 Å². The SMILES string of the molecule is CCC(CC(=O)NCC(O)C(=O)O)C(=O)NC. The summed E-state index contributed by atoms with van der Waals surface area (Å²) in [6.07, 6.45) is -1.14. The number of amides is 2. The largest absolute Gasteiger partial charge is 0.479 e. The second kappa shape index (κ2) is 7.61. The Morgan fingerprint density at radius 2 is 1.88 bits per heavy atom. The third kappa shape index (κ3) is 5.86. The lowest BCUT2D eigenvalue weighted by molar-refractivity contribution is -0.146. The third-order valence-corrected chi connectivity index (χ3v) is 2.32. The normalized spacial score (nSPS) is 13.6. The minimum Gasteiger partial charge on any atom is -0.479 e.